The number of benzene rings is 2. The van der Waals surface area contributed by atoms with Crippen molar-refractivity contribution in [2.24, 2.45) is 0 Å². The molecule has 1 aliphatic heterocycles. The molecule has 29 heavy (non-hydrogen) atoms. The molecule has 2 aliphatic rings. The van der Waals surface area contributed by atoms with Gasteiger partial charge in [-0.3, -0.25) is 9.69 Å². The summed E-state index contributed by atoms with van der Waals surface area (Å²) in [6.07, 6.45) is 5.32. The Morgan fingerprint density at radius 1 is 1.07 bits per heavy atom. The molecule has 1 saturated heterocycles. The molecular formula is C24H30N2O3. The second-order valence-electron chi connectivity index (χ2n) is 7.95. The Morgan fingerprint density at radius 3 is 2.76 bits per heavy atom. The summed E-state index contributed by atoms with van der Waals surface area (Å²) in [5.41, 5.74) is 3.74. The van der Waals surface area contributed by atoms with Crippen LogP contribution in [0.1, 0.15) is 54.5 Å². The molecule has 0 aromatic heterocycles. The van der Waals surface area contributed by atoms with Crippen molar-refractivity contribution < 1.29 is 14.3 Å². The van der Waals surface area contributed by atoms with E-state index < -0.39 is 0 Å². The number of nitrogens with one attached hydrogen (secondary N) is 1. The number of fused-ring (bicyclic) bond motifs is 1. The summed E-state index contributed by atoms with van der Waals surface area (Å²) in [7, 11) is 3.37. The first kappa shape index (κ1) is 19.8. The molecule has 2 aromatic carbocycles. The molecule has 2 atom stereocenters. The van der Waals surface area contributed by atoms with E-state index in [2.05, 4.69) is 34.5 Å². The highest BCUT2D eigenvalue weighted by atomic mass is 16.5. The molecule has 154 valence electrons. The fourth-order valence-corrected chi connectivity index (χ4v) is 4.80. The number of hydrogen-bond acceptors (Lipinski definition) is 4. The highest BCUT2D eigenvalue weighted by Crippen LogP contribution is 2.38. The first-order valence-electron chi connectivity index (χ1n) is 10.5. The second kappa shape index (κ2) is 8.87. The van der Waals surface area contributed by atoms with E-state index in [1.54, 1.807) is 14.2 Å². The Hall–Kier alpha value is -2.53. The van der Waals surface area contributed by atoms with Gasteiger partial charge in [0.05, 0.1) is 26.8 Å². The van der Waals surface area contributed by atoms with Crippen LogP contribution in [-0.2, 0) is 11.2 Å². The van der Waals surface area contributed by atoms with Gasteiger partial charge in [0.25, 0.3) is 0 Å². The monoisotopic (exact) mass is 394 g/mol. The summed E-state index contributed by atoms with van der Waals surface area (Å²) in [6.45, 7) is 1.32. The van der Waals surface area contributed by atoms with Gasteiger partial charge < -0.3 is 14.8 Å². The topological polar surface area (TPSA) is 50.8 Å². The molecule has 1 heterocycles. The largest absolute Gasteiger partial charge is 0.497 e. The highest BCUT2D eigenvalue weighted by molar-refractivity contribution is 5.78. The maximum Gasteiger partial charge on any atom is 0.234 e. The lowest BCUT2D eigenvalue weighted by Gasteiger charge is -2.29. The number of methoxy groups -OCH3 is 2. The van der Waals surface area contributed by atoms with Crippen LogP contribution < -0.4 is 14.8 Å². The summed E-state index contributed by atoms with van der Waals surface area (Å²) in [5.74, 6) is 1.76. The van der Waals surface area contributed by atoms with Gasteiger partial charge in [-0.25, -0.2) is 0 Å². The molecule has 0 radical (unpaired) electrons. The Labute approximate surface area is 173 Å². The number of ether oxygens (including phenoxy) is 2. The first-order chi connectivity index (χ1) is 14.2. The third-order valence-corrected chi connectivity index (χ3v) is 6.21. The standard InChI is InChI=1S/C24H30N2O3/c1-28-18-12-13-23(29-2)20(15-18)22-11-6-14-26(22)16-24(27)25-21-10-5-8-17-7-3-4-9-19(17)21/h3-4,7,9,12-13,15,21-22H,5-6,8,10-11,14,16H2,1-2H3,(H,25,27)/t21-,22-/m0/s1. The third kappa shape index (κ3) is 4.25. The minimum Gasteiger partial charge on any atom is -0.497 e. The smallest absolute Gasteiger partial charge is 0.234 e. The van der Waals surface area contributed by atoms with E-state index in [0.717, 1.165) is 55.7 Å². The molecular weight excluding hydrogens is 364 g/mol. The van der Waals surface area contributed by atoms with Crippen LogP contribution in [0.2, 0.25) is 0 Å². The molecule has 2 aromatic rings. The average Bonchev–Trinajstić information content (AvgIpc) is 3.21. The van der Waals surface area contributed by atoms with E-state index in [4.69, 9.17) is 9.47 Å². The van der Waals surface area contributed by atoms with Crippen molar-refractivity contribution in [2.45, 2.75) is 44.2 Å². The molecule has 1 aliphatic carbocycles. The summed E-state index contributed by atoms with van der Waals surface area (Å²) in [4.78, 5) is 15.2. The van der Waals surface area contributed by atoms with Crippen molar-refractivity contribution in [3.8, 4) is 11.5 Å². The van der Waals surface area contributed by atoms with Gasteiger partial charge in [-0.15, -0.1) is 0 Å². The number of rotatable bonds is 6. The number of hydrogen-bond donors (Lipinski definition) is 1. The van der Waals surface area contributed by atoms with Crippen LogP contribution in [0.4, 0.5) is 0 Å². The van der Waals surface area contributed by atoms with Gasteiger partial charge in [0.15, 0.2) is 0 Å². The van der Waals surface area contributed by atoms with Gasteiger partial charge in [-0.05, 0) is 68.0 Å². The van der Waals surface area contributed by atoms with Crippen molar-refractivity contribution in [2.75, 3.05) is 27.3 Å². The van der Waals surface area contributed by atoms with Gasteiger partial charge in [0.1, 0.15) is 11.5 Å². The third-order valence-electron chi connectivity index (χ3n) is 6.21. The number of aryl methyl sites for hydroxylation is 1. The molecule has 0 spiro atoms. The van der Waals surface area contributed by atoms with Crippen molar-refractivity contribution in [1.82, 2.24) is 10.2 Å². The fraction of sp³-hybridized carbons (Fsp3) is 0.458. The lowest BCUT2D eigenvalue weighted by atomic mass is 9.88. The van der Waals surface area contributed by atoms with E-state index in [1.165, 1.54) is 11.1 Å². The predicted octanol–water partition coefficient (Wildman–Crippen LogP) is 4.03. The zero-order chi connectivity index (χ0) is 20.2. The molecule has 0 unspecified atom stereocenters. The SMILES string of the molecule is COc1ccc(OC)c([C@@H]2CCCN2CC(=O)N[C@H]2CCCc3ccccc32)c1. The van der Waals surface area contributed by atoms with E-state index in [1.807, 2.05) is 18.2 Å². The van der Waals surface area contributed by atoms with Crippen molar-refractivity contribution in [1.29, 1.82) is 0 Å². The maximum atomic E-state index is 12.9. The minimum atomic E-state index is 0.0977. The molecule has 4 rings (SSSR count). The molecule has 0 bridgehead atoms. The van der Waals surface area contributed by atoms with Gasteiger partial charge in [-0.1, -0.05) is 24.3 Å². The Bertz CT molecular complexity index is 867. The van der Waals surface area contributed by atoms with E-state index in [-0.39, 0.29) is 18.0 Å². The summed E-state index contributed by atoms with van der Waals surface area (Å²) in [5, 5.41) is 3.29. The van der Waals surface area contributed by atoms with Gasteiger partial charge in [0, 0.05) is 11.6 Å². The van der Waals surface area contributed by atoms with Crippen LogP contribution in [0.3, 0.4) is 0 Å². The molecule has 1 amide bonds. The number of carbonyl (C=O) groups excluding carboxylic acids is 1. The number of amides is 1. The quantitative estimate of drug-likeness (QED) is 0.804. The summed E-state index contributed by atoms with van der Waals surface area (Å²) in [6, 6.07) is 14.7. The molecule has 1 N–H and O–H groups in total. The van der Waals surface area contributed by atoms with Crippen molar-refractivity contribution in [3.05, 3.63) is 59.2 Å². The minimum absolute atomic E-state index is 0.0977. The van der Waals surface area contributed by atoms with Gasteiger partial charge in [-0.2, -0.15) is 0 Å². The van der Waals surface area contributed by atoms with Crippen LogP contribution in [0.15, 0.2) is 42.5 Å². The first-order valence-corrected chi connectivity index (χ1v) is 10.5. The molecule has 1 fully saturated rings. The number of likely N-dealkylation sites (tertiary alicyclic amines) is 1. The Morgan fingerprint density at radius 2 is 1.93 bits per heavy atom. The molecule has 5 nitrogen and oxygen atoms in total. The van der Waals surface area contributed by atoms with Gasteiger partial charge >= 0.3 is 0 Å². The Kier molecular flexibility index (Phi) is 6.05. The van der Waals surface area contributed by atoms with E-state index in [9.17, 15) is 4.79 Å². The number of carbonyl (C=O) groups is 1. The lowest BCUT2D eigenvalue weighted by molar-refractivity contribution is -0.123. The van der Waals surface area contributed by atoms with Crippen LogP contribution in [0.5, 0.6) is 11.5 Å². The predicted molar refractivity (Wildman–Crippen MR) is 113 cm³/mol. The second-order valence-corrected chi connectivity index (χ2v) is 7.95. The van der Waals surface area contributed by atoms with Crippen LogP contribution >= 0.6 is 0 Å². The fourth-order valence-electron chi connectivity index (χ4n) is 4.80. The zero-order valence-electron chi connectivity index (χ0n) is 17.3. The molecule has 0 saturated carbocycles. The summed E-state index contributed by atoms with van der Waals surface area (Å²) < 4.78 is 11.0. The average molecular weight is 395 g/mol. The van der Waals surface area contributed by atoms with E-state index >= 15 is 0 Å². The van der Waals surface area contributed by atoms with Crippen LogP contribution in [-0.4, -0.2) is 38.1 Å². The normalized spacial score (nSPS) is 21.4. The van der Waals surface area contributed by atoms with Crippen molar-refractivity contribution in [3.63, 3.8) is 0 Å². The van der Waals surface area contributed by atoms with Crippen molar-refractivity contribution >= 4 is 5.91 Å². The van der Waals surface area contributed by atoms with Crippen LogP contribution in [0.25, 0.3) is 0 Å². The van der Waals surface area contributed by atoms with Crippen LogP contribution in [0, 0.1) is 0 Å². The maximum absolute atomic E-state index is 12.9. The molecule has 5 heteroatoms. The van der Waals surface area contributed by atoms with E-state index in [0.29, 0.717) is 6.54 Å². The van der Waals surface area contributed by atoms with Gasteiger partial charge in [0.2, 0.25) is 5.91 Å². The number of nitrogens with zero attached hydrogens (tertiary/aromatic N) is 1. The zero-order valence-corrected chi connectivity index (χ0v) is 17.3. The Balaban J connectivity index is 1.46. The lowest BCUT2D eigenvalue weighted by Crippen LogP contribution is -2.39. The highest BCUT2D eigenvalue weighted by Gasteiger charge is 2.31. The summed E-state index contributed by atoms with van der Waals surface area (Å²) >= 11 is 0.